The number of likely N-dealkylation sites (N-methyl/N-ethyl adjacent to an activating group) is 1. The minimum Gasteiger partial charge on any atom is -0.480 e. The summed E-state index contributed by atoms with van der Waals surface area (Å²) in [5, 5.41) is 9.01. The van der Waals surface area contributed by atoms with Crippen LogP contribution in [0.5, 0.6) is 0 Å². The topological polar surface area (TPSA) is 83.6 Å². The molecule has 5 heteroatoms. The molecule has 0 bridgehead atoms. The number of carboxylic acids is 1. The number of carbonyl (C=O) groups is 2. The van der Waals surface area contributed by atoms with E-state index in [2.05, 4.69) is 0 Å². The Morgan fingerprint density at radius 1 is 1.47 bits per heavy atom. The van der Waals surface area contributed by atoms with Crippen LogP contribution in [0.25, 0.3) is 0 Å². The molecule has 0 aromatic carbocycles. The fraction of sp³-hybridized carbons (Fsp3) is 0.800. The minimum atomic E-state index is -0.904. The zero-order chi connectivity index (χ0) is 12.0. The Kier molecular flexibility index (Phi) is 5.93. The molecule has 0 rings (SSSR count). The first-order valence-corrected chi connectivity index (χ1v) is 5.13. The van der Waals surface area contributed by atoms with Crippen LogP contribution in [0.3, 0.4) is 0 Å². The number of carboxylic acid groups (broad SMARTS) is 1. The molecule has 0 saturated heterocycles. The Labute approximate surface area is 90.2 Å². The van der Waals surface area contributed by atoms with Gasteiger partial charge in [0, 0.05) is 12.5 Å². The molecule has 0 heterocycles. The number of amides is 1. The second-order valence-electron chi connectivity index (χ2n) is 3.78. The van der Waals surface area contributed by atoms with E-state index >= 15 is 0 Å². The standard InChI is InChI=1S/C10H20N2O3/c1-4-7(2)12(3)8(10(14)15)5-6-9(11)13/h7-8H,4-6H2,1-3H3,(H2,11,13)(H,14,15). The summed E-state index contributed by atoms with van der Waals surface area (Å²) >= 11 is 0. The number of aliphatic carboxylic acids is 1. The van der Waals surface area contributed by atoms with E-state index in [0.29, 0.717) is 0 Å². The van der Waals surface area contributed by atoms with Crippen molar-refractivity contribution in [1.82, 2.24) is 4.90 Å². The molecule has 88 valence electrons. The Morgan fingerprint density at radius 2 is 2.00 bits per heavy atom. The quantitative estimate of drug-likeness (QED) is 0.646. The molecule has 0 radical (unpaired) electrons. The average molecular weight is 216 g/mol. The maximum Gasteiger partial charge on any atom is 0.320 e. The van der Waals surface area contributed by atoms with E-state index < -0.39 is 17.9 Å². The van der Waals surface area contributed by atoms with Crippen LogP contribution in [-0.4, -0.2) is 41.0 Å². The zero-order valence-corrected chi connectivity index (χ0v) is 9.56. The van der Waals surface area contributed by atoms with Crippen molar-refractivity contribution in [3.8, 4) is 0 Å². The maximum absolute atomic E-state index is 11.0. The third-order valence-corrected chi connectivity index (χ3v) is 2.73. The minimum absolute atomic E-state index is 0.109. The first-order valence-electron chi connectivity index (χ1n) is 5.13. The smallest absolute Gasteiger partial charge is 0.320 e. The van der Waals surface area contributed by atoms with Gasteiger partial charge in [-0.3, -0.25) is 14.5 Å². The summed E-state index contributed by atoms with van der Waals surface area (Å²) in [6, 6.07) is -0.452. The SMILES string of the molecule is CCC(C)N(C)C(CCC(N)=O)C(=O)O. The number of hydrogen-bond acceptors (Lipinski definition) is 3. The molecule has 15 heavy (non-hydrogen) atoms. The van der Waals surface area contributed by atoms with Crippen molar-refractivity contribution in [1.29, 1.82) is 0 Å². The largest absolute Gasteiger partial charge is 0.480 e. The van der Waals surface area contributed by atoms with Gasteiger partial charge in [-0.15, -0.1) is 0 Å². The molecule has 0 aliphatic rings. The van der Waals surface area contributed by atoms with Gasteiger partial charge in [0.1, 0.15) is 6.04 Å². The van der Waals surface area contributed by atoms with Crippen LogP contribution in [0.15, 0.2) is 0 Å². The van der Waals surface area contributed by atoms with E-state index in [0.717, 1.165) is 6.42 Å². The Morgan fingerprint density at radius 3 is 2.33 bits per heavy atom. The second-order valence-corrected chi connectivity index (χ2v) is 3.78. The van der Waals surface area contributed by atoms with Gasteiger partial charge >= 0.3 is 5.97 Å². The lowest BCUT2D eigenvalue weighted by Crippen LogP contribution is -2.43. The number of rotatable bonds is 7. The van der Waals surface area contributed by atoms with Gasteiger partial charge in [0.15, 0.2) is 0 Å². The van der Waals surface area contributed by atoms with Crippen molar-refractivity contribution in [2.75, 3.05) is 7.05 Å². The molecule has 2 unspecified atom stereocenters. The maximum atomic E-state index is 11.0. The van der Waals surface area contributed by atoms with Crippen molar-refractivity contribution < 1.29 is 14.7 Å². The van der Waals surface area contributed by atoms with Crippen LogP contribution in [0.2, 0.25) is 0 Å². The van der Waals surface area contributed by atoms with Gasteiger partial charge in [-0.1, -0.05) is 6.92 Å². The van der Waals surface area contributed by atoms with Gasteiger partial charge in [-0.25, -0.2) is 0 Å². The molecular formula is C10H20N2O3. The Bertz CT molecular complexity index is 231. The van der Waals surface area contributed by atoms with Crippen molar-refractivity contribution >= 4 is 11.9 Å². The summed E-state index contributed by atoms with van der Waals surface area (Å²) in [4.78, 5) is 23.3. The van der Waals surface area contributed by atoms with Crippen LogP contribution < -0.4 is 5.73 Å². The van der Waals surface area contributed by atoms with Crippen LogP contribution in [0, 0.1) is 0 Å². The first kappa shape index (κ1) is 13.9. The molecule has 0 saturated carbocycles. The summed E-state index contributed by atoms with van der Waals surface area (Å²) < 4.78 is 0. The highest BCUT2D eigenvalue weighted by Gasteiger charge is 2.25. The molecule has 0 aromatic rings. The van der Waals surface area contributed by atoms with E-state index in [1.165, 1.54) is 0 Å². The van der Waals surface area contributed by atoms with Gasteiger partial charge in [0.05, 0.1) is 0 Å². The molecule has 0 aliphatic carbocycles. The summed E-state index contributed by atoms with van der Waals surface area (Å²) in [6.45, 7) is 3.95. The number of primary amides is 1. The molecule has 0 spiro atoms. The summed E-state index contributed by atoms with van der Waals surface area (Å²) in [6.07, 6.45) is 1.25. The lowest BCUT2D eigenvalue weighted by molar-refractivity contribution is -0.144. The van der Waals surface area contributed by atoms with Crippen LogP contribution in [-0.2, 0) is 9.59 Å². The lowest BCUT2D eigenvalue weighted by atomic mass is 10.1. The van der Waals surface area contributed by atoms with E-state index in [9.17, 15) is 9.59 Å². The highest BCUT2D eigenvalue weighted by Crippen LogP contribution is 2.11. The fourth-order valence-corrected chi connectivity index (χ4v) is 1.38. The second kappa shape index (κ2) is 6.40. The zero-order valence-electron chi connectivity index (χ0n) is 9.56. The van der Waals surface area contributed by atoms with E-state index in [1.807, 2.05) is 13.8 Å². The van der Waals surface area contributed by atoms with Gasteiger partial charge < -0.3 is 10.8 Å². The van der Waals surface area contributed by atoms with Crippen LogP contribution >= 0.6 is 0 Å². The van der Waals surface area contributed by atoms with Crippen LogP contribution in [0.1, 0.15) is 33.1 Å². The van der Waals surface area contributed by atoms with Gasteiger partial charge in [0.2, 0.25) is 5.91 Å². The number of nitrogens with two attached hydrogens (primary N) is 1. The molecule has 3 N–H and O–H groups in total. The molecule has 2 atom stereocenters. The normalized spacial score (nSPS) is 14.9. The first-order chi connectivity index (χ1) is 6.90. The van der Waals surface area contributed by atoms with Gasteiger partial charge in [-0.05, 0) is 26.8 Å². The number of hydrogen-bond donors (Lipinski definition) is 2. The predicted molar refractivity (Wildman–Crippen MR) is 57.4 cm³/mol. The molecule has 1 amide bonds. The Hall–Kier alpha value is -1.10. The van der Waals surface area contributed by atoms with Crippen molar-refractivity contribution in [3.63, 3.8) is 0 Å². The van der Waals surface area contributed by atoms with Crippen molar-refractivity contribution in [2.24, 2.45) is 5.73 Å². The fourth-order valence-electron chi connectivity index (χ4n) is 1.38. The highest BCUT2D eigenvalue weighted by molar-refractivity contribution is 5.77. The monoisotopic (exact) mass is 216 g/mol. The molecule has 0 aliphatic heterocycles. The summed E-state index contributed by atoms with van der Waals surface area (Å²) in [7, 11) is 1.76. The highest BCUT2D eigenvalue weighted by atomic mass is 16.4. The number of nitrogens with zero attached hydrogens (tertiary/aromatic N) is 1. The molecule has 5 nitrogen and oxygen atoms in total. The van der Waals surface area contributed by atoms with Crippen LogP contribution in [0.4, 0.5) is 0 Å². The lowest BCUT2D eigenvalue weighted by Gasteiger charge is -2.29. The third kappa shape index (κ3) is 4.78. The Balaban J connectivity index is 4.38. The molecule has 0 fully saturated rings. The summed E-state index contributed by atoms with van der Waals surface area (Å²) in [5.74, 6) is -1.36. The predicted octanol–water partition coefficient (Wildman–Crippen LogP) is 0.435. The summed E-state index contributed by atoms with van der Waals surface area (Å²) in [5.41, 5.74) is 5.00. The number of carbonyl (C=O) groups excluding carboxylic acids is 1. The van der Waals surface area contributed by atoms with Gasteiger partial charge in [0.25, 0.3) is 0 Å². The van der Waals surface area contributed by atoms with E-state index in [-0.39, 0.29) is 18.9 Å². The van der Waals surface area contributed by atoms with Crippen molar-refractivity contribution in [3.05, 3.63) is 0 Å². The third-order valence-electron chi connectivity index (χ3n) is 2.73. The van der Waals surface area contributed by atoms with Gasteiger partial charge in [-0.2, -0.15) is 0 Å². The van der Waals surface area contributed by atoms with E-state index in [4.69, 9.17) is 10.8 Å². The average Bonchev–Trinajstić information content (AvgIpc) is 2.15. The molecule has 0 aromatic heterocycles. The molecular weight excluding hydrogens is 196 g/mol. The van der Waals surface area contributed by atoms with Crippen molar-refractivity contribution in [2.45, 2.75) is 45.2 Å². The van der Waals surface area contributed by atoms with E-state index in [1.54, 1.807) is 11.9 Å².